The topological polar surface area (TPSA) is 49.3 Å². The van der Waals surface area contributed by atoms with Gasteiger partial charge in [-0.2, -0.15) is 11.3 Å². The number of allylic oxidation sites excluding steroid dienone is 1. The predicted octanol–water partition coefficient (Wildman–Crippen LogP) is 2.04. The highest BCUT2D eigenvalue weighted by Crippen LogP contribution is 2.21. The lowest BCUT2D eigenvalue weighted by Gasteiger charge is -2.22. The van der Waals surface area contributed by atoms with Crippen LogP contribution in [0.3, 0.4) is 0 Å². The SMILES string of the molecule is CC(C)=CC(=O)NCC(C)(O)c1ccsc1. The number of carbonyl (C=O) groups is 1. The number of thiophene rings is 1. The summed E-state index contributed by atoms with van der Waals surface area (Å²) in [5, 5.41) is 16.6. The lowest BCUT2D eigenvalue weighted by atomic mass is 9.99. The van der Waals surface area contributed by atoms with Crippen LogP contribution < -0.4 is 5.32 Å². The Morgan fingerprint density at radius 2 is 2.31 bits per heavy atom. The molecule has 1 atom stereocenters. The largest absolute Gasteiger partial charge is 0.384 e. The van der Waals surface area contributed by atoms with Crippen LogP contribution in [0, 0.1) is 0 Å². The number of amides is 1. The molecule has 88 valence electrons. The van der Waals surface area contributed by atoms with E-state index in [1.807, 2.05) is 30.7 Å². The van der Waals surface area contributed by atoms with Crippen LogP contribution in [-0.4, -0.2) is 17.6 Å². The summed E-state index contributed by atoms with van der Waals surface area (Å²) in [6.45, 7) is 5.62. The van der Waals surface area contributed by atoms with Crippen molar-refractivity contribution in [3.8, 4) is 0 Å². The molecular weight excluding hydrogens is 222 g/mol. The molecule has 0 aromatic carbocycles. The van der Waals surface area contributed by atoms with Crippen molar-refractivity contribution in [3.63, 3.8) is 0 Å². The standard InChI is InChI=1S/C12H17NO2S/c1-9(2)6-11(14)13-8-12(3,15)10-4-5-16-7-10/h4-7,15H,8H2,1-3H3,(H,13,14). The molecule has 0 aliphatic rings. The number of rotatable bonds is 4. The molecule has 1 amide bonds. The Bertz CT molecular complexity index is 376. The van der Waals surface area contributed by atoms with Crippen LogP contribution in [0.25, 0.3) is 0 Å². The summed E-state index contributed by atoms with van der Waals surface area (Å²) in [7, 11) is 0. The highest BCUT2D eigenvalue weighted by molar-refractivity contribution is 7.08. The van der Waals surface area contributed by atoms with Crippen molar-refractivity contribution in [1.82, 2.24) is 5.32 Å². The summed E-state index contributed by atoms with van der Waals surface area (Å²) in [6.07, 6.45) is 1.52. The number of carbonyl (C=O) groups excluding carboxylic acids is 1. The summed E-state index contributed by atoms with van der Waals surface area (Å²) in [6, 6.07) is 1.86. The summed E-state index contributed by atoms with van der Waals surface area (Å²) in [4.78, 5) is 11.4. The average Bonchev–Trinajstić information content (AvgIpc) is 2.67. The minimum Gasteiger partial charge on any atom is -0.384 e. The van der Waals surface area contributed by atoms with Crippen molar-refractivity contribution < 1.29 is 9.90 Å². The van der Waals surface area contributed by atoms with Crippen molar-refractivity contribution in [1.29, 1.82) is 0 Å². The fourth-order valence-electron chi connectivity index (χ4n) is 1.25. The molecule has 0 aliphatic heterocycles. The number of nitrogens with one attached hydrogen (secondary N) is 1. The van der Waals surface area contributed by atoms with Gasteiger partial charge in [0.2, 0.25) is 5.91 Å². The summed E-state index contributed by atoms with van der Waals surface area (Å²) in [5.41, 5.74) is 0.758. The first-order chi connectivity index (χ1) is 7.42. The van der Waals surface area contributed by atoms with E-state index in [9.17, 15) is 9.90 Å². The smallest absolute Gasteiger partial charge is 0.244 e. The molecule has 1 heterocycles. The Labute approximate surface area is 99.8 Å². The number of hydrogen-bond donors (Lipinski definition) is 2. The van der Waals surface area contributed by atoms with Crippen LogP contribution in [-0.2, 0) is 10.4 Å². The first kappa shape index (κ1) is 12.9. The fraction of sp³-hybridized carbons (Fsp3) is 0.417. The predicted molar refractivity (Wildman–Crippen MR) is 66.3 cm³/mol. The van der Waals surface area contributed by atoms with E-state index in [0.29, 0.717) is 0 Å². The Morgan fingerprint density at radius 1 is 1.62 bits per heavy atom. The molecule has 0 radical (unpaired) electrons. The quantitative estimate of drug-likeness (QED) is 0.790. The Kier molecular flexibility index (Phi) is 4.26. The van der Waals surface area contributed by atoms with E-state index in [2.05, 4.69) is 5.32 Å². The van der Waals surface area contributed by atoms with Gasteiger partial charge < -0.3 is 10.4 Å². The monoisotopic (exact) mass is 239 g/mol. The highest BCUT2D eigenvalue weighted by atomic mass is 32.1. The Balaban J connectivity index is 2.55. The van der Waals surface area contributed by atoms with Gasteiger partial charge in [0.15, 0.2) is 0 Å². The van der Waals surface area contributed by atoms with Crippen LogP contribution in [0.4, 0.5) is 0 Å². The zero-order chi connectivity index (χ0) is 12.2. The van der Waals surface area contributed by atoms with Gasteiger partial charge in [-0.15, -0.1) is 0 Å². The van der Waals surface area contributed by atoms with Gasteiger partial charge in [-0.3, -0.25) is 4.79 Å². The third-order valence-corrected chi connectivity index (χ3v) is 2.85. The van der Waals surface area contributed by atoms with Crippen LogP contribution in [0.2, 0.25) is 0 Å². The van der Waals surface area contributed by atoms with E-state index in [4.69, 9.17) is 0 Å². The van der Waals surface area contributed by atoms with Gasteiger partial charge in [-0.05, 0) is 43.2 Å². The van der Waals surface area contributed by atoms with Crippen LogP contribution >= 0.6 is 11.3 Å². The molecule has 1 aromatic heterocycles. The average molecular weight is 239 g/mol. The maximum absolute atomic E-state index is 11.4. The summed E-state index contributed by atoms with van der Waals surface area (Å²) < 4.78 is 0. The lowest BCUT2D eigenvalue weighted by Crippen LogP contribution is -2.37. The van der Waals surface area contributed by atoms with Crippen molar-refractivity contribution in [3.05, 3.63) is 34.0 Å². The highest BCUT2D eigenvalue weighted by Gasteiger charge is 2.23. The number of aliphatic hydroxyl groups is 1. The van der Waals surface area contributed by atoms with Crippen LogP contribution in [0.5, 0.6) is 0 Å². The van der Waals surface area contributed by atoms with Gasteiger partial charge in [0.05, 0.1) is 6.54 Å². The molecule has 0 fully saturated rings. The van der Waals surface area contributed by atoms with Gasteiger partial charge in [0.1, 0.15) is 5.60 Å². The third-order valence-electron chi connectivity index (χ3n) is 2.17. The number of hydrogen-bond acceptors (Lipinski definition) is 3. The zero-order valence-corrected chi connectivity index (χ0v) is 10.6. The Hall–Kier alpha value is -1.13. The van der Waals surface area contributed by atoms with Crippen molar-refractivity contribution in [2.75, 3.05) is 6.54 Å². The van der Waals surface area contributed by atoms with Gasteiger partial charge in [0.25, 0.3) is 0 Å². The molecular formula is C12H17NO2S. The second-order valence-electron chi connectivity index (χ2n) is 4.23. The molecule has 0 saturated carbocycles. The minimum absolute atomic E-state index is 0.171. The van der Waals surface area contributed by atoms with E-state index in [0.717, 1.165) is 11.1 Å². The molecule has 1 aromatic rings. The van der Waals surface area contributed by atoms with E-state index >= 15 is 0 Å². The fourth-order valence-corrected chi connectivity index (χ4v) is 2.03. The van der Waals surface area contributed by atoms with Gasteiger partial charge in [0, 0.05) is 6.08 Å². The third kappa shape index (κ3) is 3.79. The molecule has 0 bridgehead atoms. The van der Waals surface area contributed by atoms with Crippen LogP contribution in [0.15, 0.2) is 28.5 Å². The van der Waals surface area contributed by atoms with Gasteiger partial charge >= 0.3 is 0 Å². The van der Waals surface area contributed by atoms with Gasteiger partial charge in [-0.25, -0.2) is 0 Å². The van der Waals surface area contributed by atoms with E-state index in [1.165, 1.54) is 17.4 Å². The maximum Gasteiger partial charge on any atom is 0.244 e. The van der Waals surface area contributed by atoms with E-state index in [-0.39, 0.29) is 12.5 Å². The van der Waals surface area contributed by atoms with Crippen molar-refractivity contribution >= 4 is 17.2 Å². The molecule has 16 heavy (non-hydrogen) atoms. The summed E-state index contributed by atoms with van der Waals surface area (Å²) in [5.74, 6) is -0.171. The lowest BCUT2D eigenvalue weighted by molar-refractivity contribution is -0.117. The van der Waals surface area contributed by atoms with Crippen molar-refractivity contribution in [2.45, 2.75) is 26.4 Å². The first-order valence-corrected chi connectivity index (χ1v) is 6.04. The molecule has 3 nitrogen and oxygen atoms in total. The maximum atomic E-state index is 11.4. The van der Waals surface area contributed by atoms with E-state index < -0.39 is 5.60 Å². The Morgan fingerprint density at radius 3 is 2.81 bits per heavy atom. The van der Waals surface area contributed by atoms with Crippen LogP contribution in [0.1, 0.15) is 26.3 Å². The zero-order valence-electron chi connectivity index (χ0n) is 9.78. The second-order valence-corrected chi connectivity index (χ2v) is 5.01. The van der Waals surface area contributed by atoms with Gasteiger partial charge in [-0.1, -0.05) is 5.57 Å². The van der Waals surface area contributed by atoms with Crippen molar-refractivity contribution in [2.24, 2.45) is 0 Å². The first-order valence-electron chi connectivity index (χ1n) is 5.09. The molecule has 2 N–H and O–H groups in total. The summed E-state index contributed by atoms with van der Waals surface area (Å²) >= 11 is 1.53. The molecule has 0 spiro atoms. The normalized spacial score (nSPS) is 14.0. The molecule has 0 aliphatic carbocycles. The molecule has 0 saturated heterocycles. The van der Waals surface area contributed by atoms with E-state index in [1.54, 1.807) is 6.92 Å². The molecule has 1 rings (SSSR count). The molecule has 4 heteroatoms. The second kappa shape index (κ2) is 5.27. The minimum atomic E-state index is -1.01. The molecule has 1 unspecified atom stereocenters.